The molecule has 0 atom stereocenters. The maximum atomic E-state index is 11.4. The highest BCUT2D eigenvalue weighted by Gasteiger charge is 2.24. The van der Waals surface area contributed by atoms with Crippen LogP contribution in [0, 0.1) is 6.92 Å². The molecule has 1 aromatic carbocycles. The van der Waals surface area contributed by atoms with Crippen molar-refractivity contribution in [2.75, 3.05) is 5.75 Å². The van der Waals surface area contributed by atoms with Gasteiger partial charge in [0.05, 0.1) is 5.75 Å². The molecule has 0 saturated heterocycles. The SMILES string of the molecule is Cc1ccccc1-c1nc2n(n1)C(=O)CS2. The standard InChI is InChI=1S/C11H9N3OS/c1-7-4-2-3-5-8(7)10-12-11-14(13-10)9(15)6-16-11/h2-5H,6H2,1H3. The Kier molecular flexibility index (Phi) is 2.07. The first-order valence-corrected chi connectivity index (χ1v) is 5.93. The molecule has 80 valence electrons. The van der Waals surface area contributed by atoms with Gasteiger partial charge in [0.1, 0.15) is 0 Å². The molecular formula is C11H9N3OS. The Hall–Kier alpha value is -1.62. The maximum absolute atomic E-state index is 11.4. The van der Waals surface area contributed by atoms with Gasteiger partial charge in [-0.15, -0.1) is 5.10 Å². The summed E-state index contributed by atoms with van der Waals surface area (Å²) in [5.41, 5.74) is 2.10. The highest BCUT2D eigenvalue weighted by Crippen LogP contribution is 2.27. The summed E-state index contributed by atoms with van der Waals surface area (Å²) in [7, 11) is 0. The summed E-state index contributed by atoms with van der Waals surface area (Å²) in [6.07, 6.45) is 0. The molecule has 0 aliphatic carbocycles. The minimum absolute atomic E-state index is 0.00679. The number of thioether (sulfide) groups is 1. The third kappa shape index (κ3) is 1.36. The number of fused-ring (bicyclic) bond motifs is 1. The Labute approximate surface area is 96.7 Å². The second-order valence-corrected chi connectivity index (χ2v) is 4.57. The smallest absolute Gasteiger partial charge is 0.259 e. The zero-order valence-corrected chi connectivity index (χ0v) is 9.49. The molecule has 0 spiro atoms. The average Bonchev–Trinajstić information content (AvgIpc) is 2.82. The van der Waals surface area contributed by atoms with Crippen molar-refractivity contribution >= 4 is 17.7 Å². The molecule has 0 bridgehead atoms. The highest BCUT2D eigenvalue weighted by atomic mass is 32.2. The van der Waals surface area contributed by atoms with Gasteiger partial charge >= 0.3 is 0 Å². The predicted octanol–water partition coefficient (Wildman–Crippen LogP) is 2.00. The summed E-state index contributed by atoms with van der Waals surface area (Å²) in [5, 5.41) is 4.94. The van der Waals surface area contributed by atoms with Crippen LogP contribution in [0.15, 0.2) is 29.4 Å². The van der Waals surface area contributed by atoms with E-state index in [1.807, 2.05) is 31.2 Å². The van der Waals surface area contributed by atoms with Crippen molar-refractivity contribution in [3.05, 3.63) is 29.8 Å². The van der Waals surface area contributed by atoms with E-state index in [1.165, 1.54) is 16.4 Å². The van der Waals surface area contributed by atoms with Gasteiger partial charge in [-0.25, -0.2) is 4.98 Å². The molecule has 4 nitrogen and oxygen atoms in total. The van der Waals surface area contributed by atoms with E-state index in [-0.39, 0.29) is 5.91 Å². The van der Waals surface area contributed by atoms with Crippen molar-refractivity contribution in [1.82, 2.24) is 14.8 Å². The average molecular weight is 231 g/mol. The Morgan fingerprint density at radius 2 is 2.19 bits per heavy atom. The monoisotopic (exact) mass is 231 g/mol. The minimum Gasteiger partial charge on any atom is -0.271 e. The third-order valence-electron chi connectivity index (χ3n) is 2.52. The quantitative estimate of drug-likeness (QED) is 0.753. The predicted molar refractivity (Wildman–Crippen MR) is 61.5 cm³/mol. The van der Waals surface area contributed by atoms with Crippen LogP contribution in [-0.4, -0.2) is 26.4 Å². The van der Waals surface area contributed by atoms with E-state index in [0.29, 0.717) is 16.7 Å². The van der Waals surface area contributed by atoms with E-state index >= 15 is 0 Å². The molecule has 0 radical (unpaired) electrons. The molecule has 1 aromatic heterocycles. The number of rotatable bonds is 1. The van der Waals surface area contributed by atoms with Crippen LogP contribution in [0.3, 0.4) is 0 Å². The first-order valence-electron chi connectivity index (χ1n) is 4.95. The lowest BCUT2D eigenvalue weighted by Crippen LogP contribution is -2.08. The van der Waals surface area contributed by atoms with Gasteiger partial charge in [0.2, 0.25) is 0 Å². The van der Waals surface area contributed by atoms with Crippen LogP contribution in [0.4, 0.5) is 0 Å². The summed E-state index contributed by atoms with van der Waals surface area (Å²) in [5.74, 6) is 1.09. The number of hydrogen-bond acceptors (Lipinski definition) is 4. The number of carbonyl (C=O) groups excluding carboxylic acids is 1. The fourth-order valence-corrected chi connectivity index (χ4v) is 2.47. The van der Waals surface area contributed by atoms with E-state index < -0.39 is 0 Å². The minimum atomic E-state index is 0.00679. The summed E-state index contributed by atoms with van der Waals surface area (Å²) < 4.78 is 1.40. The van der Waals surface area contributed by atoms with E-state index in [4.69, 9.17) is 0 Å². The lowest BCUT2D eigenvalue weighted by Gasteiger charge is -1.99. The largest absolute Gasteiger partial charge is 0.271 e. The Bertz CT molecular complexity index is 576. The van der Waals surface area contributed by atoms with Crippen LogP contribution >= 0.6 is 11.8 Å². The van der Waals surface area contributed by atoms with E-state index in [2.05, 4.69) is 10.1 Å². The van der Waals surface area contributed by atoms with Gasteiger partial charge in [-0.05, 0) is 12.5 Å². The van der Waals surface area contributed by atoms with Crippen LogP contribution in [-0.2, 0) is 0 Å². The van der Waals surface area contributed by atoms with Gasteiger partial charge < -0.3 is 0 Å². The normalized spacial score (nSPS) is 14.2. The molecule has 1 aliphatic heterocycles. The Morgan fingerprint density at radius 1 is 1.38 bits per heavy atom. The van der Waals surface area contributed by atoms with Gasteiger partial charge in [-0.3, -0.25) is 4.79 Å². The molecule has 2 aromatic rings. The molecular weight excluding hydrogens is 222 g/mol. The van der Waals surface area contributed by atoms with Crippen molar-refractivity contribution in [2.45, 2.75) is 12.1 Å². The number of aryl methyl sites for hydroxylation is 1. The van der Waals surface area contributed by atoms with Crippen LogP contribution < -0.4 is 0 Å². The lowest BCUT2D eigenvalue weighted by atomic mass is 10.1. The third-order valence-corrected chi connectivity index (χ3v) is 3.44. The number of benzene rings is 1. The topological polar surface area (TPSA) is 47.8 Å². The van der Waals surface area contributed by atoms with Crippen LogP contribution in [0.5, 0.6) is 0 Å². The van der Waals surface area contributed by atoms with Gasteiger partial charge in [-0.2, -0.15) is 4.68 Å². The van der Waals surface area contributed by atoms with Gasteiger partial charge in [0.15, 0.2) is 11.0 Å². The first kappa shape index (κ1) is 9.59. The molecule has 0 N–H and O–H groups in total. The Morgan fingerprint density at radius 3 is 2.94 bits per heavy atom. The van der Waals surface area contributed by atoms with Gasteiger partial charge in [-0.1, -0.05) is 36.0 Å². The van der Waals surface area contributed by atoms with Gasteiger partial charge in [0.25, 0.3) is 5.91 Å². The van der Waals surface area contributed by atoms with Crippen molar-refractivity contribution in [2.24, 2.45) is 0 Å². The van der Waals surface area contributed by atoms with Crippen molar-refractivity contribution < 1.29 is 4.79 Å². The zero-order valence-electron chi connectivity index (χ0n) is 8.67. The number of aromatic nitrogens is 3. The summed E-state index contributed by atoms with van der Waals surface area (Å²) in [6.45, 7) is 2.01. The fourth-order valence-electron chi connectivity index (χ4n) is 1.68. The summed E-state index contributed by atoms with van der Waals surface area (Å²) >= 11 is 1.44. The lowest BCUT2D eigenvalue weighted by molar-refractivity contribution is 0.0923. The molecule has 0 unspecified atom stereocenters. The van der Waals surface area contributed by atoms with Crippen LogP contribution in [0.2, 0.25) is 0 Å². The van der Waals surface area contributed by atoms with Crippen molar-refractivity contribution in [3.63, 3.8) is 0 Å². The molecule has 5 heteroatoms. The Balaban J connectivity index is 2.12. The summed E-state index contributed by atoms with van der Waals surface area (Å²) in [6, 6.07) is 7.90. The maximum Gasteiger partial charge on any atom is 0.259 e. The highest BCUT2D eigenvalue weighted by molar-refractivity contribution is 8.00. The molecule has 0 saturated carbocycles. The number of carbonyl (C=O) groups is 1. The van der Waals surface area contributed by atoms with E-state index in [0.717, 1.165) is 11.1 Å². The molecule has 1 aliphatic rings. The second kappa shape index (κ2) is 3.45. The van der Waals surface area contributed by atoms with Crippen molar-refractivity contribution in [1.29, 1.82) is 0 Å². The molecule has 2 heterocycles. The molecule has 3 rings (SSSR count). The van der Waals surface area contributed by atoms with E-state index in [9.17, 15) is 4.79 Å². The van der Waals surface area contributed by atoms with E-state index in [1.54, 1.807) is 0 Å². The fraction of sp³-hybridized carbons (Fsp3) is 0.182. The molecule has 16 heavy (non-hydrogen) atoms. The zero-order chi connectivity index (χ0) is 11.1. The van der Waals surface area contributed by atoms with Gasteiger partial charge in [0, 0.05) is 5.56 Å². The first-order chi connectivity index (χ1) is 7.75. The molecule has 0 fully saturated rings. The molecule has 0 amide bonds. The number of nitrogens with zero attached hydrogens (tertiary/aromatic N) is 3. The van der Waals surface area contributed by atoms with Crippen LogP contribution in [0.25, 0.3) is 11.4 Å². The summed E-state index contributed by atoms with van der Waals surface area (Å²) in [4.78, 5) is 15.8. The van der Waals surface area contributed by atoms with Crippen molar-refractivity contribution in [3.8, 4) is 11.4 Å². The second-order valence-electron chi connectivity index (χ2n) is 3.63. The number of hydrogen-bond donors (Lipinski definition) is 0. The van der Waals surface area contributed by atoms with Crippen LogP contribution in [0.1, 0.15) is 10.4 Å².